The zero-order valence-corrected chi connectivity index (χ0v) is 21.2. The Hall–Kier alpha value is -3.82. The van der Waals surface area contributed by atoms with Crippen molar-refractivity contribution in [1.82, 2.24) is 9.55 Å². The number of aliphatic hydroxyl groups is 1. The highest BCUT2D eigenvalue weighted by Crippen LogP contribution is 2.56. The van der Waals surface area contributed by atoms with Gasteiger partial charge in [0.25, 0.3) is 5.56 Å². The Labute approximate surface area is 220 Å². The first kappa shape index (κ1) is 25.8. The fourth-order valence-corrected chi connectivity index (χ4v) is 5.73. The second-order valence-corrected chi connectivity index (χ2v) is 9.45. The summed E-state index contributed by atoms with van der Waals surface area (Å²) in [6.07, 6.45) is -0.310. The van der Waals surface area contributed by atoms with Crippen LogP contribution in [-0.2, 0) is 25.7 Å². The normalized spacial score (nSPS) is 21.4. The molecule has 2 N–H and O–H groups in total. The summed E-state index contributed by atoms with van der Waals surface area (Å²) >= 11 is 0. The second kappa shape index (κ2) is 10.5. The zero-order valence-electron chi connectivity index (χ0n) is 21.2. The first-order valence-corrected chi connectivity index (χ1v) is 12.4. The van der Waals surface area contributed by atoms with Gasteiger partial charge in [0, 0.05) is 18.2 Å². The molecule has 0 spiro atoms. The van der Waals surface area contributed by atoms with Crippen LogP contribution in [0.2, 0.25) is 0 Å². The smallest absolute Gasteiger partial charge is 0.330 e. The molecule has 0 radical (unpaired) electrons. The average Bonchev–Trinajstić information content (AvgIpc) is 3.28. The number of ether oxygens (including phenoxy) is 1. The molecule has 1 aromatic heterocycles. The molecule has 8 heteroatoms. The number of aliphatic hydroxyl groups excluding tert-OH is 1. The van der Waals surface area contributed by atoms with Crippen molar-refractivity contribution >= 4 is 0 Å². The number of rotatable bonds is 8. The molecular weight excluding hydrogens is 484 g/mol. The third kappa shape index (κ3) is 4.12. The standard InChI is InChI=1S/C30H30N2O6/c1-21-19-32(28(35)31-27(21)34)29(18-25(33)26(38-29)20-37-36-2)30(22-12-6-3-7-13-22,23-14-8-4-9-15-23)24-16-10-5-11-17-24/h3-17,19,25-26,33H,18,20H2,1-2H3,(H,31,34,35)/t25-,26-,29+/m0/s1. The highest BCUT2D eigenvalue weighted by molar-refractivity contribution is 5.54. The fraction of sp³-hybridized carbons (Fsp3) is 0.267. The second-order valence-electron chi connectivity index (χ2n) is 9.45. The molecule has 4 aromatic rings. The van der Waals surface area contributed by atoms with Gasteiger partial charge in [-0.25, -0.2) is 14.6 Å². The maximum atomic E-state index is 13.6. The van der Waals surface area contributed by atoms with E-state index in [9.17, 15) is 14.7 Å². The van der Waals surface area contributed by atoms with Crippen molar-refractivity contribution in [2.24, 2.45) is 0 Å². The highest BCUT2D eigenvalue weighted by Gasteiger charge is 2.63. The predicted octanol–water partition coefficient (Wildman–Crippen LogP) is 3.26. The van der Waals surface area contributed by atoms with E-state index >= 15 is 0 Å². The van der Waals surface area contributed by atoms with Crippen LogP contribution in [0.25, 0.3) is 0 Å². The molecule has 38 heavy (non-hydrogen) atoms. The summed E-state index contributed by atoms with van der Waals surface area (Å²) in [5.41, 5.74) is -0.937. The van der Waals surface area contributed by atoms with Crippen LogP contribution in [0, 0.1) is 6.92 Å². The Morgan fingerprint density at radius 2 is 1.45 bits per heavy atom. The van der Waals surface area contributed by atoms with Crippen LogP contribution in [-0.4, -0.2) is 40.6 Å². The van der Waals surface area contributed by atoms with Gasteiger partial charge in [-0.15, -0.1) is 0 Å². The van der Waals surface area contributed by atoms with Crippen molar-refractivity contribution in [3.8, 4) is 0 Å². The minimum absolute atomic E-state index is 0.0226. The number of aromatic nitrogens is 2. The Morgan fingerprint density at radius 1 is 0.947 bits per heavy atom. The molecule has 0 saturated carbocycles. The van der Waals surface area contributed by atoms with Gasteiger partial charge in [-0.1, -0.05) is 91.0 Å². The van der Waals surface area contributed by atoms with Gasteiger partial charge in [0.2, 0.25) is 0 Å². The van der Waals surface area contributed by atoms with E-state index in [0.717, 1.165) is 16.7 Å². The molecule has 8 nitrogen and oxygen atoms in total. The number of aryl methyl sites for hydroxylation is 1. The third-order valence-electron chi connectivity index (χ3n) is 7.33. The minimum Gasteiger partial charge on any atom is -0.390 e. The van der Waals surface area contributed by atoms with Crippen LogP contribution in [0.1, 0.15) is 28.7 Å². The number of hydrogen-bond donors (Lipinski definition) is 2. The van der Waals surface area contributed by atoms with Crippen LogP contribution in [0.15, 0.2) is 107 Å². The lowest BCUT2D eigenvalue weighted by molar-refractivity contribution is -0.295. The maximum absolute atomic E-state index is 13.6. The van der Waals surface area contributed by atoms with Gasteiger partial charge in [-0.2, -0.15) is 0 Å². The minimum atomic E-state index is -1.52. The number of nitrogens with one attached hydrogen (secondary N) is 1. The lowest BCUT2D eigenvalue weighted by atomic mass is 9.61. The van der Waals surface area contributed by atoms with Gasteiger partial charge >= 0.3 is 5.69 Å². The van der Waals surface area contributed by atoms with E-state index in [2.05, 4.69) is 4.98 Å². The number of benzene rings is 3. The van der Waals surface area contributed by atoms with Gasteiger partial charge < -0.3 is 9.84 Å². The van der Waals surface area contributed by atoms with Crippen molar-refractivity contribution in [3.05, 3.63) is 140 Å². The van der Waals surface area contributed by atoms with E-state index in [0.29, 0.717) is 5.56 Å². The highest BCUT2D eigenvalue weighted by atomic mass is 17.2. The molecule has 2 heterocycles. The summed E-state index contributed by atoms with van der Waals surface area (Å²) in [4.78, 5) is 38.5. The van der Waals surface area contributed by atoms with Crippen molar-refractivity contribution in [2.45, 2.75) is 36.7 Å². The van der Waals surface area contributed by atoms with Gasteiger partial charge in [0.05, 0.1) is 18.6 Å². The summed E-state index contributed by atoms with van der Waals surface area (Å²) < 4.78 is 8.26. The van der Waals surface area contributed by atoms with Gasteiger partial charge in [-0.05, 0) is 23.6 Å². The predicted molar refractivity (Wildman–Crippen MR) is 142 cm³/mol. The molecular formula is C30H30N2O6. The van der Waals surface area contributed by atoms with Crippen LogP contribution < -0.4 is 11.2 Å². The molecule has 0 unspecified atom stereocenters. The summed E-state index contributed by atoms with van der Waals surface area (Å²) in [6, 6.07) is 29.3. The molecule has 3 aromatic carbocycles. The molecule has 0 bridgehead atoms. The quantitative estimate of drug-likeness (QED) is 0.213. The fourth-order valence-electron chi connectivity index (χ4n) is 5.73. The van der Waals surface area contributed by atoms with Crippen molar-refractivity contribution in [3.63, 3.8) is 0 Å². The van der Waals surface area contributed by atoms with Crippen LogP contribution >= 0.6 is 0 Å². The number of aromatic amines is 1. The topological polar surface area (TPSA) is 103 Å². The third-order valence-corrected chi connectivity index (χ3v) is 7.33. The number of nitrogens with zero attached hydrogens (tertiary/aromatic N) is 1. The summed E-state index contributed by atoms with van der Waals surface area (Å²) in [5.74, 6) is 0. The van der Waals surface area contributed by atoms with Crippen LogP contribution in [0.4, 0.5) is 0 Å². The molecule has 1 fully saturated rings. The molecule has 196 valence electrons. The maximum Gasteiger partial charge on any atom is 0.330 e. The molecule has 1 aliphatic rings. The monoisotopic (exact) mass is 514 g/mol. The van der Waals surface area contributed by atoms with Gasteiger partial charge in [-0.3, -0.25) is 14.3 Å². The SMILES string of the molecule is COOC[C@@H]1O[C@@](n2cc(C)c(=O)[nH]c2=O)(C(c2ccccc2)(c2ccccc2)c2ccccc2)C[C@@H]1O. The molecule has 0 amide bonds. The lowest BCUT2D eigenvalue weighted by Gasteiger charge is -2.50. The number of hydrogen-bond acceptors (Lipinski definition) is 6. The molecule has 3 atom stereocenters. The van der Waals surface area contributed by atoms with E-state index in [-0.39, 0.29) is 13.0 Å². The largest absolute Gasteiger partial charge is 0.390 e. The lowest BCUT2D eigenvalue weighted by Crippen LogP contribution is -2.59. The van der Waals surface area contributed by atoms with Crippen molar-refractivity contribution in [1.29, 1.82) is 0 Å². The zero-order chi connectivity index (χ0) is 26.8. The van der Waals surface area contributed by atoms with Crippen LogP contribution in [0.5, 0.6) is 0 Å². The average molecular weight is 515 g/mol. The summed E-state index contributed by atoms with van der Waals surface area (Å²) in [6.45, 7) is 1.57. The van der Waals surface area contributed by atoms with Crippen molar-refractivity contribution in [2.75, 3.05) is 13.7 Å². The summed E-state index contributed by atoms with van der Waals surface area (Å²) in [7, 11) is 1.38. The first-order chi connectivity index (χ1) is 18.4. The van der Waals surface area contributed by atoms with Gasteiger partial charge in [0.15, 0.2) is 5.72 Å². The van der Waals surface area contributed by atoms with Crippen molar-refractivity contribution < 1.29 is 19.6 Å². The van der Waals surface area contributed by atoms with Crippen LogP contribution in [0.3, 0.4) is 0 Å². The Balaban J connectivity index is 1.96. The van der Waals surface area contributed by atoms with E-state index in [1.54, 1.807) is 6.92 Å². The molecule has 1 saturated heterocycles. The van der Waals surface area contributed by atoms with Gasteiger partial charge in [0.1, 0.15) is 12.7 Å². The summed E-state index contributed by atoms with van der Waals surface area (Å²) in [5, 5.41) is 11.4. The van der Waals surface area contributed by atoms with E-state index in [4.69, 9.17) is 14.5 Å². The van der Waals surface area contributed by atoms with E-state index < -0.39 is 34.6 Å². The van der Waals surface area contributed by atoms with E-state index in [1.807, 2.05) is 91.0 Å². The number of H-pyrrole nitrogens is 1. The molecule has 0 aliphatic carbocycles. The Bertz CT molecular complexity index is 1390. The van der Waals surface area contributed by atoms with E-state index in [1.165, 1.54) is 17.9 Å². The Kier molecular flexibility index (Phi) is 7.14. The Morgan fingerprint density at radius 3 is 1.92 bits per heavy atom. The molecule has 5 rings (SSSR count). The molecule has 1 aliphatic heterocycles. The first-order valence-electron chi connectivity index (χ1n) is 12.4.